The fraction of sp³-hybridized carbons (Fsp3) is 0.333. The van der Waals surface area contributed by atoms with Gasteiger partial charge in [-0.2, -0.15) is 23.1 Å². The lowest BCUT2D eigenvalue weighted by Gasteiger charge is -2.13. The molecule has 0 atom stereocenters. The normalized spacial score (nSPS) is 11.6. The SMILES string of the molecule is Nc1nc(Cl)nc2c1ncn2CCCCOC(=O)NCc1cccc(C(F)(F)F)c1Cl. The molecule has 3 rings (SSSR count). The van der Waals surface area contributed by atoms with Gasteiger partial charge in [-0.05, 0) is 36.1 Å². The van der Waals surface area contributed by atoms with Crippen molar-refractivity contribution in [2.24, 2.45) is 0 Å². The molecule has 0 unspecified atom stereocenters. The summed E-state index contributed by atoms with van der Waals surface area (Å²) in [4.78, 5) is 23.9. The summed E-state index contributed by atoms with van der Waals surface area (Å²) in [6.07, 6.45) is -2.59. The molecule has 0 radical (unpaired) electrons. The van der Waals surface area contributed by atoms with E-state index in [-0.39, 0.29) is 29.8 Å². The summed E-state index contributed by atoms with van der Waals surface area (Å²) in [6, 6.07) is 3.50. The minimum Gasteiger partial charge on any atom is -0.450 e. The predicted molar refractivity (Wildman–Crippen MR) is 109 cm³/mol. The maximum atomic E-state index is 12.9. The zero-order chi connectivity index (χ0) is 22.6. The quantitative estimate of drug-likeness (QED) is 0.385. The fourth-order valence-corrected chi connectivity index (χ4v) is 3.28. The van der Waals surface area contributed by atoms with Crippen LogP contribution in [0.3, 0.4) is 0 Å². The Balaban J connectivity index is 1.43. The van der Waals surface area contributed by atoms with Crippen LogP contribution in [0.1, 0.15) is 24.0 Å². The van der Waals surface area contributed by atoms with E-state index in [1.54, 1.807) is 10.9 Å². The summed E-state index contributed by atoms with van der Waals surface area (Å²) >= 11 is 11.6. The van der Waals surface area contributed by atoms with E-state index in [0.717, 1.165) is 6.07 Å². The van der Waals surface area contributed by atoms with Crippen LogP contribution in [0.5, 0.6) is 0 Å². The number of benzene rings is 1. The number of alkyl halides is 3. The van der Waals surface area contributed by atoms with Gasteiger partial charge < -0.3 is 20.4 Å². The van der Waals surface area contributed by atoms with E-state index in [1.165, 1.54) is 12.1 Å². The lowest BCUT2D eigenvalue weighted by molar-refractivity contribution is -0.137. The molecule has 2 heterocycles. The molecule has 3 aromatic rings. The van der Waals surface area contributed by atoms with Crippen molar-refractivity contribution in [2.75, 3.05) is 12.3 Å². The third kappa shape index (κ3) is 5.67. The second-order valence-electron chi connectivity index (χ2n) is 6.46. The maximum absolute atomic E-state index is 12.9. The third-order valence-corrected chi connectivity index (χ3v) is 4.91. The number of ether oxygens (including phenoxy) is 1. The molecule has 1 amide bonds. The summed E-state index contributed by atoms with van der Waals surface area (Å²) in [5.41, 5.74) is 5.89. The van der Waals surface area contributed by atoms with Gasteiger partial charge in [-0.25, -0.2) is 9.78 Å². The predicted octanol–water partition coefficient (Wildman–Crippen LogP) is 4.44. The number of hydrogen-bond acceptors (Lipinski definition) is 6. The van der Waals surface area contributed by atoms with Crippen LogP contribution in [0.2, 0.25) is 10.3 Å². The number of imidazole rings is 1. The van der Waals surface area contributed by atoms with Gasteiger partial charge in [0.25, 0.3) is 0 Å². The first-order valence-electron chi connectivity index (χ1n) is 9.06. The number of halogens is 5. The average molecular weight is 477 g/mol. The molecule has 0 saturated heterocycles. The Bertz CT molecular complexity index is 1090. The summed E-state index contributed by atoms with van der Waals surface area (Å²) in [5, 5.41) is 1.96. The molecule has 0 bridgehead atoms. The number of carbonyl (C=O) groups is 1. The van der Waals surface area contributed by atoms with Crippen molar-refractivity contribution in [2.45, 2.75) is 32.1 Å². The highest BCUT2D eigenvalue weighted by molar-refractivity contribution is 6.32. The Morgan fingerprint density at radius 1 is 1.23 bits per heavy atom. The van der Waals surface area contributed by atoms with Gasteiger partial charge in [0.05, 0.1) is 23.5 Å². The molecule has 8 nitrogen and oxygen atoms in total. The molecule has 0 aliphatic heterocycles. The number of alkyl carbamates (subject to hydrolysis) is 1. The van der Waals surface area contributed by atoms with Gasteiger partial charge in [-0.15, -0.1) is 0 Å². The number of nitrogens with zero attached hydrogens (tertiary/aromatic N) is 4. The first kappa shape index (κ1) is 22.9. The van der Waals surface area contributed by atoms with Crippen molar-refractivity contribution in [1.29, 1.82) is 0 Å². The second-order valence-corrected chi connectivity index (χ2v) is 7.18. The van der Waals surface area contributed by atoms with Gasteiger partial charge in [0.2, 0.25) is 5.28 Å². The van der Waals surface area contributed by atoms with Crippen LogP contribution < -0.4 is 11.1 Å². The highest BCUT2D eigenvalue weighted by Gasteiger charge is 2.33. The van der Waals surface area contributed by atoms with Crippen molar-refractivity contribution in [3.05, 3.63) is 46.0 Å². The van der Waals surface area contributed by atoms with Crippen molar-refractivity contribution >= 4 is 46.3 Å². The molecule has 0 aliphatic carbocycles. The zero-order valence-corrected chi connectivity index (χ0v) is 17.4. The van der Waals surface area contributed by atoms with Gasteiger partial charge in [-0.3, -0.25) is 0 Å². The minimum absolute atomic E-state index is 0.0210. The molecule has 166 valence electrons. The number of anilines is 1. The number of hydrogen-bond donors (Lipinski definition) is 2. The standard InChI is InChI=1S/C18H17Cl2F3N6O2/c19-12-10(4-3-5-11(12)18(21,22)23)8-25-17(30)31-7-2-1-6-29-9-26-13-14(24)27-16(20)28-15(13)29/h3-5,9H,1-2,6-8H2,(H,25,30)(H2,24,27,28). The number of nitrogen functional groups attached to an aromatic ring is 1. The van der Waals surface area contributed by atoms with Crippen LogP contribution in [0.4, 0.5) is 23.8 Å². The number of fused-ring (bicyclic) bond motifs is 1. The Morgan fingerprint density at radius 2 is 2.00 bits per heavy atom. The summed E-state index contributed by atoms with van der Waals surface area (Å²) < 4.78 is 45.4. The smallest absolute Gasteiger partial charge is 0.417 e. The van der Waals surface area contributed by atoms with Crippen LogP contribution >= 0.6 is 23.2 Å². The Labute approximate surface area is 184 Å². The average Bonchev–Trinajstić information content (AvgIpc) is 3.09. The second kappa shape index (κ2) is 9.56. The van der Waals surface area contributed by atoms with Crippen LogP contribution in [-0.4, -0.2) is 32.2 Å². The minimum atomic E-state index is -4.57. The fourth-order valence-electron chi connectivity index (χ4n) is 2.80. The number of carbonyl (C=O) groups excluding carboxylic acids is 1. The van der Waals surface area contributed by atoms with Crippen molar-refractivity contribution < 1.29 is 22.7 Å². The molecule has 0 spiro atoms. The van der Waals surface area contributed by atoms with Crippen molar-refractivity contribution in [3.8, 4) is 0 Å². The molecular weight excluding hydrogens is 460 g/mol. The summed E-state index contributed by atoms with van der Waals surface area (Å²) in [5.74, 6) is 0.189. The van der Waals surface area contributed by atoms with E-state index in [0.29, 0.717) is 30.6 Å². The van der Waals surface area contributed by atoms with E-state index in [2.05, 4.69) is 20.3 Å². The first-order valence-corrected chi connectivity index (χ1v) is 9.81. The lowest BCUT2D eigenvalue weighted by Crippen LogP contribution is -2.24. The Kier molecular flexibility index (Phi) is 7.06. The number of aryl methyl sites for hydroxylation is 1. The van der Waals surface area contributed by atoms with Crippen LogP contribution in [0.15, 0.2) is 24.5 Å². The summed E-state index contributed by atoms with van der Waals surface area (Å²) in [6.45, 7) is 0.464. The van der Waals surface area contributed by atoms with Crippen molar-refractivity contribution in [3.63, 3.8) is 0 Å². The monoisotopic (exact) mass is 476 g/mol. The number of rotatable bonds is 7. The van der Waals surface area contributed by atoms with Gasteiger partial charge >= 0.3 is 12.3 Å². The third-order valence-electron chi connectivity index (χ3n) is 4.30. The Hall–Kier alpha value is -2.79. The molecule has 0 aliphatic rings. The molecule has 0 fully saturated rings. The van der Waals surface area contributed by atoms with E-state index in [4.69, 9.17) is 33.7 Å². The lowest BCUT2D eigenvalue weighted by atomic mass is 10.1. The van der Waals surface area contributed by atoms with Gasteiger partial charge in [0.15, 0.2) is 11.5 Å². The molecule has 0 saturated carbocycles. The van der Waals surface area contributed by atoms with Crippen LogP contribution in [0.25, 0.3) is 11.2 Å². The van der Waals surface area contributed by atoms with E-state index in [9.17, 15) is 18.0 Å². The summed E-state index contributed by atoms with van der Waals surface area (Å²) in [7, 11) is 0. The van der Waals surface area contributed by atoms with Crippen LogP contribution in [-0.2, 0) is 24.0 Å². The topological polar surface area (TPSA) is 108 Å². The maximum Gasteiger partial charge on any atom is 0.417 e. The van der Waals surface area contributed by atoms with E-state index in [1.807, 2.05) is 0 Å². The molecule has 3 N–H and O–H groups in total. The van der Waals surface area contributed by atoms with E-state index >= 15 is 0 Å². The van der Waals surface area contributed by atoms with Crippen molar-refractivity contribution in [1.82, 2.24) is 24.8 Å². The highest BCUT2D eigenvalue weighted by atomic mass is 35.5. The van der Waals surface area contributed by atoms with Gasteiger partial charge in [0.1, 0.15) is 5.52 Å². The molecule has 31 heavy (non-hydrogen) atoms. The highest BCUT2D eigenvalue weighted by Crippen LogP contribution is 2.36. The molecule has 1 aromatic carbocycles. The largest absolute Gasteiger partial charge is 0.450 e. The number of aromatic nitrogens is 4. The van der Waals surface area contributed by atoms with Gasteiger partial charge in [0, 0.05) is 13.1 Å². The molecule has 2 aromatic heterocycles. The number of nitrogens with one attached hydrogen (secondary N) is 1. The number of unbranched alkanes of at least 4 members (excludes halogenated alkanes) is 1. The number of amides is 1. The van der Waals surface area contributed by atoms with Gasteiger partial charge in [-0.1, -0.05) is 23.7 Å². The zero-order valence-electron chi connectivity index (χ0n) is 15.9. The number of nitrogens with two attached hydrogens (primary N) is 1. The molecular formula is C18H17Cl2F3N6O2. The first-order chi connectivity index (χ1) is 14.7. The van der Waals surface area contributed by atoms with Crippen LogP contribution in [0, 0.1) is 0 Å². The van der Waals surface area contributed by atoms with E-state index < -0.39 is 22.9 Å². The Morgan fingerprint density at radius 3 is 2.74 bits per heavy atom. The molecule has 13 heteroatoms.